The number of fused-ring (bicyclic) bond motifs is 1. The number of piperidine rings is 1. The van der Waals surface area contributed by atoms with Crippen molar-refractivity contribution in [1.29, 1.82) is 0 Å². The standard InChI is InChI=1S/C36H41NO4.BrH/c1-2-3-22-40-35-12-7-6-11-32(35)27-38-21-8-23-39-33-17-15-30(16-18-33)34-19-20-37-25-36(34)41-26-28-13-14-29-9-4-5-10-31(29)24-28;/h2,4-7,9-18,24,34,36-37H,1,3,8,19-23,25-27H2;1H. The summed E-state index contributed by atoms with van der Waals surface area (Å²) in [5.74, 6) is 2.13. The minimum absolute atomic E-state index is 0. The van der Waals surface area contributed by atoms with Crippen LogP contribution in [-0.2, 0) is 22.7 Å². The van der Waals surface area contributed by atoms with Crippen molar-refractivity contribution >= 4 is 27.8 Å². The molecule has 42 heavy (non-hydrogen) atoms. The van der Waals surface area contributed by atoms with E-state index >= 15 is 0 Å². The lowest BCUT2D eigenvalue weighted by Gasteiger charge is -2.32. The lowest BCUT2D eigenvalue weighted by Crippen LogP contribution is -2.40. The van der Waals surface area contributed by atoms with Gasteiger partial charge in [0.15, 0.2) is 0 Å². The number of rotatable bonds is 15. The molecule has 4 aromatic carbocycles. The second-order valence-electron chi connectivity index (χ2n) is 10.5. The van der Waals surface area contributed by atoms with Gasteiger partial charge in [-0.05, 0) is 65.6 Å². The van der Waals surface area contributed by atoms with E-state index in [0.29, 0.717) is 39.0 Å². The van der Waals surface area contributed by atoms with Crippen LogP contribution in [0.25, 0.3) is 10.8 Å². The lowest BCUT2D eigenvalue weighted by atomic mass is 9.87. The van der Waals surface area contributed by atoms with E-state index in [1.54, 1.807) is 0 Å². The number of nitrogens with one attached hydrogen (secondary N) is 1. The highest BCUT2D eigenvalue weighted by Crippen LogP contribution is 2.30. The van der Waals surface area contributed by atoms with Crippen molar-refractivity contribution in [3.8, 4) is 11.5 Å². The molecule has 5 rings (SSSR count). The Hall–Kier alpha value is -3.16. The summed E-state index contributed by atoms with van der Waals surface area (Å²) in [5.41, 5.74) is 3.58. The van der Waals surface area contributed by atoms with Gasteiger partial charge in [0, 0.05) is 24.4 Å². The molecule has 1 aliphatic rings. The highest BCUT2D eigenvalue weighted by molar-refractivity contribution is 8.93. The fraction of sp³-hybridized carbons (Fsp3) is 0.333. The normalized spacial score (nSPS) is 16.5. The Labute approximate surface area is 260 Å². The van der Waals surface area contributed by atoms with Gasteiger partial charge in [-0.15, -0.1) is 23.6 Å². The first-order valence-electron chi connectivity index (χ1n) is 14.7. The summed E-state index contributed by atoms with van der Waals surface area (Å²) >= 11 is 0. The van der Waals surface area contributed by atoms with E-state index in [1.807, 2.05) is 30.3 Å². The molecule has 1 fully saturated rings. The van der Waals surface area contributed by atoms with Crippen LogP contribution in [0.15, 0.2) is 104 Å². The number of hydrogen-bond acceptors (Lipinski definition) is 5. The fourth-order valence-electron chi connectivity index (χ4n) is 5.28. The molecule has 0 aliphatic carbocycles. The Bertz CT molecular complexity index is 1380. The van der Waals surface area contributed by atoms with Gasteiger partial charge in [-0.2, -0.15) is 0 Å². The average molecular weight is 633 g/mol. The van der Waals surface area contributed by atoms with Gasteiger partial charge < -0.3 is 24.3 Å². The summed E-state index contributed by atoms with van der Waals surface area (Å²) in [5, 5.41) is 6.02. The molecule has 0 amide bonds. The number of para-hydroxylation sites is 1. The van der Waals surface area contributed by atoms with Crippen molar-refractivity contribution in [2.24, 2.45) is 0 Å². The van der Waals surface area contributed by atoms with Gasteiger partial charge >= 0.3 is 0 Å². The third kappa shape index (κ3) is 9.17. The van der Waals surface area contributed by atoms with Crippen LogP contribution < -0.4 is 14.8 Å². The third-order valence-corrected chi connectivity index (χ3v) is 7.52. The maximum atomic E-state index is 6.46. The second-order valence-corrected chi connectivity index (χ2v) is 10.5. The quantitative estimate of drug-likeness (QED) is 0.106. The molecule has 6 heteroatoms. The number of benzene rings is 4. The molecule has 2 atom stereocenters. The van der Waals surface area contributed by atoms with Crippen molar-refractivity contribution in [3.63, 3.8) is 0 Å². The monoisotopic (exact) mass is 631 g/mol. The Morgan fingerprint density at radius 3 is 2.48 bits per heavy atom. The van der Waals surface area contributed by atoms with Crippen molar-refractivity contribution in [3.05, 3.63) is 120 Å². The van der Waals surface area contributed by atoms with E-state index in [2.05, 4.69) is 78.6 Å². The molecule has 0 aromatic heterocycles. The van der Waals surface area contributed by atoms with Crippen LogP contribution in [0.3, 0.4) is 0 Å². The van der Waals surface area contributed by atoms with Crippen LogP contribution in [0.2, 0.25) is 0 Å². The van der Waals surface area contributed by atoms with Crippen molar-refractivity contribution < 1.29 is 18.9 Å². The van der Waals surface area contributed by atoms with Crippen molar-refractivity contribution in [1.82, 2.24) is 5.32 Å². The topological polar surface area (TPSA) is 49.0 Å². The van der Waals surface area contributed by atoms with Gasteiger partial charge in [0.05, 0.1) is 39.1 Å². The fourth-order valence-corrected chi connectivity index (χ4v) is 5.28. The minimum atomic E-state index is 0. The summed E-state index contributed by atoms with van der Waals surface area (Å²) in [6, 6.07) is 31.6. The largest absolute Gasteiger partial charge is 0.494 e. The number of ether oxygens (including phenoxy) is 4. The Kier molecular flexibility index (Phi) is 12.9. The van der Waals surface area contributed by atoms with Gasteiger partial charge in [-0.3, -0.25) is 0 Å². The molecule has 0 saturated carbocycles. The predicted octanol–water partition coefficient (Wildman–Crippen LogP) is 8.02. The van der Waals surface area contributed by atoms with E-state index in [4.69, 9.17) is 18.9 Å². The zero-order valence-electron chi connectivity index (χ0n) is 24.2. The van der Waals surface area contributed by atoms with Crippen LogP contribution in [0.1, 0.15) is 41.9 Å². The van der Waals surface area contributed by atoms with E-state index in [9.17, 15) is 0 Å². The smallest absolute Gasteiger partial charge is 0.124 e. The SMILES string of the molecule is Br.C=CCCOc1ccccc1COCCCOc1ccc(C2CCNCC2OCc2ccc3ccccc3c2)cc1. The molecule has 0 bridgehead atoms. The first kappa shape index (κ1) is 31.8. The summed E-state index contributed by atoms with van der Waals surface area (Å²) in [4.78, 5) is 0. The zero-order chi connectivity index (χ0) is 28.1. The van der Waals surface area contributed by atoms with Gasteiger partial charge in [-0.25, -0.2) is 0 Å². The lowest BCUT2D eigenvalue weighted by molar-refractivity contribution is 0.0106. The molecule has 222 valence electrons. The molecular formula is C36H42BrNO4. The molecule has 4 aromatic rings. The van der Waals surface area contributed by atoms with Crippen LogP contribution in [0.5, 0.6) is 11.5 Å². The van der Waals surface area contributed by atoms with Crippen LogP contribution in [-0.4, -0.2) is 39.0 Å². The van der Waals surface area contributed by atoms with E-state index in [0.717, 1.165) is 49.4 Å². The Morgan fingerprint density at radius 1 is 0.810 bits per heavy atom. The van der Waals surface area contributed by atoms with Gasteiger partial charge in [-0.1, -0.05) is 72.8 Å². The van der Waals surface area contributed by atoms with Gasteiger partial charge in [0.1, 0.15) is 11.5 Å². The minimum Gasteiger partial charge on any atom is -0.494 e. The summed E-state index contributed by atoms with van der Waals surface area (Å²) in [6.45, 7) is 8.62. The van der Waals surface area contributed by atoms with Crippen molar-refractivity contribution in [2.75, 3.05) is 32.9 Å². The first-order chi connectivity index (χ1) is 20.3. The maximum Gasteiger partial charge on any atom is 0.124 e. The highest BCUT2D eigenvalue weighted by atomic mass is 79.9. The van der Waals surface area contributed by atoms with Crippen molar-refractivity contribution in [2.45, 2.75) is 44.5 Å². The summed E-state index contributed by atoms with van der Waals surface area (Å²) in [7, 11) is 0. The highest BCUT2D eigenvalue weighted by Gasteiger charge is 2.27. The summed E-state index contributed by atoms with van der Waals surface area (Å²) in [6.07, 6.45) is 4.70. The number of halogens is 1. The summed E-state index contributed by atoms with van der Waals surface area (Å²) < 4.78 is 24.2. The van der Waals surface area contributed by atoms with E-state index in [1.165, 1.54) is 21.9 Å². The van der Waals surface area contributed by atoms with E-state index < -0.39 is 0 Å². The van der Waals surface area contributed by atoms with Crippen LogP contribution in [0, 0.1) is 0 Å². The van der Waals surface area contributed by atoms with Gasteiger partial charge in [0.25, 0.3) is 0 Å². The maximum absolute atomic E-state index is 6.46. The molecule has 1 N–H and O–H groups in total. The van der Waals surface area contributed by atoms with Crippen LogP contribution in [0.4, 0.5) is 0 Å². The number of hydrogen-bond donors (Lipinski definition) is 1. The molecule has 1 aliphatic heterocycles. The molecule has 1 saturated heterocycles. The Morgan fingerprint density at radius 2 is 1.62 bits per heavy atom. The second kappa shape index (κ2) is 17.1. The molecular weight excluding hydrogens is 590 g/mol. The van der Waals surface area contributed by atoms with Gasteiger partial charge in [0.2, 0.25) is 0 Å². The average Bonchev–Trinajstić information content (AvgIpc) is 3.03. The molecule has 1 heterocycles. The molecule has 5 nitrogen and oxygen atoms in total. The predicted molar refractivity (Wildman–Crippen MR) is 176 cm³/mol. The van der Waals surface area contributed by atoms with E-state index in [-0.39, 0.29) is 23.1 Å². The first-order valence-corrected chi connectivity index (χ1v) is 14.7. The molecule has 0 spiro atoms. The van der Waals surface area contributed by atoms with Crippen LogP contribution >= 0.6 is 17.0 Å². The third-order valence-electron chi connectivity index (χ3n) is 7.52. The molecule has 0 radical (unpaired) electrons. The Balaban J connectivity index is 0.00000405. The molecule has 2 unspecified atom stereocenters. The zero-order valence-corrected chi connectivity index (χ0v) is 25.9.